The van der Waals surface area contributed by atoms with E-state index in [1.165, 1.54) is 12.1 Å². The van der Waals surface area contributed by atoms with Gasteiger partial charge in [0, 0.05) is 13.2 Å². The molecule has 2 amide bonds. The van der Waals surface area contributed by atoms with Crippen LogP contribution in [0.25, 0.3) is 0 Å². The maximum absolute atomic E-state index is 13.4. The Hall–Kier alpha value is -2.98. The van der Waals surface area contributed by atoms with Crippen molar-refractivity contribution >= 4 is 33.2 Å². The lowest BCUT2D eigenvalue weighted by Crippen LogP contribution is -2.47. The van der Waals surface area contributed by atoms with E-state index in [9.17, 15) is 22.4 Å². The molecule has 0 aliphatic carbocycles. The molecule has 33 heavy (non-hydrogen) atoms. The molecule has 1 heterocycles. The smallest absolute Gasteiger partial charge is 0.253 e. The second kappa shape index (κ2) is 10.8. The number of halogens is 1. The highest BCUT2D eigenvalue weighted by atomic mass is 32.2. The number of hydrogen-bond donors (Lipinski definition) is 2. The van der Waals surface area contributed by atoms with Crippen molar-refractivity contribution in [2.75, 3.05) is 29.0 Å². The summed E-state index contributed by atoms with van der Waals surface area (Å²) in [5, 5.41) is 5.51. The van der Waals surface area contributed by atoms with Gasteiger partial charge < -0.3 is 15.4 Å². The van der Waals surface area contributed by atoms with Crippen LogP contribution < -0.4 is 14.9 Å². The number of ether oxygens (including phenoxy) is 1. The molecule has 0 saturated carbocycles. The molecule has 0 spiro atoms. The van der Waals surface area contributed by atoms with Gasteiger partial charge in [-0.2, -0.15) is 0 Å². The van der Waals surface area contributed by atoms with Crippen LogP contribution in [-0.2, 0) is 19.6 Å². The minimum atomic E-state index is -3.87. The van der Waals surface area contributed by atoms with Crippen LogP contribution >= 0.6 is 0 Å². The lowest BCUT2D eigenvalue weighted by atomic mass is 10.1. The third kappa shape index (κ3) is 6.29. The number of para-hydroxylation sites is 1. The Morgan fingerprint density at radius 2 is 1.88 bits per heavy atom. The highest BCUT2D eigenvalue weighted by Crippen LogP contribution is 2.24. The number of nitrogens with zero attached hydrogens (tertiary/aromatic N) is 1. The molecule has 8 nitrogen and oxygen atoms in total. The molecule has 1 saturated heterocycles. The minimum Gasteiger partial charge on any atom is -0.376 e. The number of nitrogens with one attached hydrogen (secondary N) is 2. The fourth-order valence-corrected chi connectivity index (χ4v) is 4.97. The molecule has 0 aromatic heterocycles. The number of rotatable bonds is 9. The van der Waals surface area contributed by atoms with Crippen molar-refractivity contribution in [3.63, 3.8) is 0 Å². The summed E-state index contributed by atoms with van der Waals surface area (Å²) >= 11 is 0. The maximum Gasteiger partial charge on any atom is 0.253 e. The van der Waals surface area contributed by atoms with Crippen molar-refractivity contribution in [3.05, 3.63) is 59.9 Å². The largest absolute Gasteiger partial charge is 0.376 e. The molecule has 1 aliphatic rings. The first kappa shape index (κ1) is 24.7. The quantitative estimate of drug-likeness (QED) is 0.578. The number of anilines is 2. The summed E-state index contributed by atoms with van der Waals surface area (Å²) in [6, 6.07) is 10.3. The van der Waals surface area contributed by atoms with Gasteiger partial charge in [-0.25, -0.2) is 12.8 Å². The van der Waals surface area contributed by atoms with E-state index >= 15 is 0 Å². The third-order valence-corrected chi connectivity index (χ3v) is 6.53. The summed E-state index contributed by atoms with van der Waals surface area (Å²) in [5.41, 5.74) is 0.688. The lowest BCUT2D eigenvalue weighted by molar-refractivity contribution is -0.117. The lowest BCUT2D eigenvalue weighted by Gasteiger charge is -2.30. The van der Waals surface area contributed by atoms with Crippen molar-refractivity contribution in [1.29, 1.82) is 0 Å². The summed E-state index contributed by atoms with van der Waals surface area (Å²) in [5.74, 6) is -1.49. The molecule has 1 aliphatic heterocycles. The number of carbonyl (C=O) groups excluding carboxylic acids is 2. The van der Waals surface area contributed by atoms with Crippen molar-refractivity contribution in [2.45, 2.75) is 38.3 Å². The zero-order valence-corrected chi connectivity index (χ0v) is 19.4. The monoisotopic (exact) mass is 477 g/mol. The number of hydrogen-bond acceptors (Lipinski definition) is 5. The van der Waals surface area contributed by atoms with Crippen molar-refractivity contribution in [1.82, 2.24) is 5.32 Å². The Morgan fingerprint density at radius 3 is 2.48 bits per heavy atom. The van der Waals surface area contributed by atoms with Crippen LogP contribution in [0.2, 0.25) is 0 Å². The summed E-state index contributed by atoms with van der Waals surface area (Å²) < 4.78 is 44.9. The van der Waals surface area contributed by atoms with Crippen LogP contribution in [0.1, 0.15) is 36.5 Å². The van der Waals surface area contributed by atoms with E-state index < -0.39 is 27.8 Å². The number of benzene rings is 2. The van der Waals surface area contributed by atoms with Gasteiger partial charge in [0.2, 0.25) is 15.9 Å². The van der Waals surface area contributed by atoms with E-state index in [1.54, 1.807) is 31.2 Å². The first-order valence-corrected chi connectivity index (χ1v) is 12.6. The second-order valence-corrected chi connectivity index (χ2v) is 9.70. The Bertz CT molecular complexity index is 1090. The van der Waals surface area contributed by atoms with Gasteiger partial charge in [0.05, 0.1) is 29.3 Å². The van der Waals surface area contributed by atoms with Gasteiger partial charge in [-0.3, -0.25) is 13.9 Å². The van der Waals surface area contributed by atoms with Crippen LogP contribution in [0.4, 0.5) is 15.8 Å². The zero-order valence-electron chi connectivity index (χ0n) is 18.6. The average molecular weight is 478 g/mol. The predicted molar refractivity (Wildman–Crippen MR) is 124 cm³/mol. The van der Waals surface area contributed by atoms with Crippen LogP contribution in [-0.4, -0.2) is 51.8 Å². The topological polar surface area (TPSA) is 105 Å². The highest BCUT2D eigenvalue weighted by Gasteiger charge is 2.32. The summed E-state index contributed by atoms with van der Waals surface area (Å²) in [6.07, 6.45) is 2.94. The standard InChI is InChI=1S/C23H28FN3O5S/c1-3-21(27(33(2,30)31)17-12-10-16(24)11-13-17)23(29)26-20-9-5-4-8-19(20)22(28)25-15-18-7-6-14-32-18/h4-5,8-13,18,21H,3,6-7,14-15H2,1-2H3,(H,25,28)(H,26,29)/t18-,21+/m0/s1. The first-order chi connectivity index (χ1) is 15.7. The fourth-order valence-electron chi connectivity index (χ4n) is 3.76. The van der Waals surface area contributed by atoms with Crippen molar-refractivity contribution in [3.8, 4) is 0 Å². The summed E-state index contributed by atoms with van der Waals surface area (Å²) in [7, 11) is -3.87. The van der Waals surface area contributed by atoms with Gasteiger partial charge in [0.1, 0.15) is 11.9 Å². The van der Waals surface area contributed by atoms with Gasteiger partial charge in [-0.15, -0.1) is 0 Å². The van der Waals surface area contributed by atoms with E-state index in [1.807, 2.05) is 0 Å². The maximum atomic E-state index is 13.4. The van der Waals surface area contributed by atoms with Crippen molar-refractivity contribution < 1.29 is 27.1 Å². The van der Waals surface area contributed by atoms with Crippen LogP contribution in [0.5, 0.6) is 0 Å². The fraction of sp³-hybridized carbons (Fsp3) is 0.391. The molecule has 0 unspecified atom stereocenters. The molecule has 2 aromatic carbocycles. The molecule has 0 radical (unpaired) electrons. The molecule has 2 N–H and O–H groups in total. The normalized spacial score (nSPS) is 16.8. The highest BCUT2D eigenvalue weighted by molar-refractivity contribution is 7.92. The predicted octanol–water partition coefficient (Wildman–Crippen LogP) is 2.92. The molecular weight excluding hydrogens is 449 g/mol. The third-order valence-electron chi connectivity index (χ3n) is 5.35. The zero-order chi connectivity index (χ0) is 24.0. The van der Waals surface area contributed by atoms with Gasteiger partial charge in [-0.05, 0) is 55.7 Å². The summed E-state index contributed by atoms with van der Waals surface area (Å²) in [6.45, 7) is 2.72. The number of sulfonamides is 1. The Kier molecular flexibility index (Phi) is 8.04. The Balaban J connectivity index is 1.81. The number of carbonyl (C=O) groups is 2. The average Bonchev–Trinajstić information content (AvgIpc) is 3.30. The summed E-state index contributed by atoms with van der Waals surface area (Å²) in [4.78, 5) is 25.9. The molecule has 10 heteroatoms. The van der Waals surface area contributed by atoms with E-state index in [-0.39, 0.29) is 35.4 Å². The minimum absolute atomic E-state index is 0.0285. The van der Waals surface area contributed by atoms with Gasteiger partial charge >= 0.3 is 0 Å². The molecule has 0 bridgehead atoms. The second-order valence-electron chi connectivity index (χ2n) is 7.84. The van der Waals surface area contributed by atoms with Crippen LogP contribution in [0.15, 0.2) is 48.5 Å². The van der Waals surface area contributed by atoms with Gasteiger partial charge in [0.25, 0.3) is 5.91 Å². The number of amides is 2. The van der Waals surface area contributed by atoms with E-state index in [4.69, 9.17) is 4.74 Å². The van der Waals surface area contributed by atoms with Crippen molar-refractivity contribution in [2.24, 2.45) is 0 Å². The first-order valence-electron chi connectivity index (χ1n) is 10.8. The Labute approximate surface area is 193 Å². The van der Waals surface area contributed by atoms with Gasteiger partial charge in [-0.1, -0.05) is 19.1 Å². The molecule has 2 atom stereocenters. The van der Waals surface area contributed by atoms with Crippen LogP contribution in [0, 0.1) is 5.82 Å². The molecule has 178 valence electrons. The van der Waals surface area contributed by atoms with E-state index in [0.29, 0.717) is 13.2 Å². The van der Waals surface area contributed by atoms with Crippen LogP contribution in [0.3, 0.4) is 0 Å². The SMILES string of the molecule is CC[C@H](C(=O)Nc1ccccc1C(=O)NC[C@@H]1CCCO1)N(c1ccc(F)cc1)S(C)(=O)=O. The molecular formula is C23H28FN3O5S. The molecule has 1 fully saturated rings. The molecule has 2 aromatic rings. The Morgan fingerprint density at radius 1 is 1.18 bits per heavy atom. The van der Waals surface area contributed by atoms with E-state index in [2.05, 4.69) is 10.6 Å². The molecule has 3 rings (SSSR count). The van der Waals surface area contributed by atoms with Gasteiger partial charge in [0.15, 0.2) is 0 Å². The van der Waals surface area contributed by atoms with E-state index in [0.717, 1.165) is 35.5 Å².